The van der Waals surface area contributed by atoms with Crippen molar-refractivity contribution in [2.24, 2.45) is 0 Å². The summed E-state index contributed by atoms with van der Waals surface area (Å²) in [7, 11) is 0. The van der Waals surface area contributed by atoms with E-state index in [0.717, 1.165) is 43.7 Å². The van der Waals surface area contributed by atoms with Crippen molar-refractivity contribution in [3.8, 4) is 34.0 Å². The maximum absolute atomic E-state index is 5.48. The standard InChI is InChI=1S/C46H28N4S/c1-2-13-29(14-3-1)30-15-12-16-32(27-30)49-38-21-8-6-19-35(38)37-28-31(25-26-41(37)49)44-43-36-20-7-11-24-42(36)51-45(43)48-46(47-44)50-39-22-9-4-17-33(39)34-18-5-10-23-40(34)50/h1-28H. The monoisotopic (exact) mass is 668 g/mol. The second-order valence-corrected chi connectivity index (χ2v) is 14.1. The molecule has 0 saturated heterocycles. The molecule has 0 radical (unpaired) electrons. The van der Waals surface area contributed by atoms with Crippen molar-refractivity contribution in [1.29, 1.82) is 0 Å². The molecule has 0 aliphatic heterocycles. The van der Waals surface area contributed by atoms with Crippen LogP contribution in [0.4, 0.5) is 0 Å². The third kappa shape index (κ3) is 4.25. The van der Waals surface area contributed by atoms with Crippen LogP contribution in [0.5, 0.6) is 0 Å². The lowest BCUT2D eigenvalue weighted by Crippen LogP contribution is -2.02. The lowest BCUT2D eigenvalue weighted by atomic mass is 10.0. The molecule has 0 bridgehead atoms. The van der Waals surface area contributed by atoms with Gasteiger partial charge in [-0.15, -0.1) is 11.3 Å². The van der Waals surface area contributed by atoms with Gasteiger partial charge in [0.15, 0.2) is 0 Å². The molecule has 0 atom stereocenters. The summed E-state index contributed by atoms with van der Waals surface area (Å²) in [6.07, 6.45) is 0. The summed E-state index contributed by atoms with van der Waals surface area (Å²) in [5.41, 5.74) is 10.1. The molecule has 0 unspecified atom stereocenters. The highest BCUT2D eigenvalue weighted by Gasteiger charge is 2.21. The van der Waals surface area contributed by atoms with Gasteiger partial charge >= 0.3 is 0 Å². The Hall–Kier alpha value is -6.56. The van der Waals surface area contributed by atoms with Gasteiger partial charge in [0.2, 0.25) is 5.95 Å². The number of hydrogen-bond acceptors (Lipinski definition) is 3. The van der Waals surface area contributed by atoms with E-state index in [-0.39, 0.29) is 0 Å². The molecule has 0 N–H and O–H groups in total. The molecule has 0 aliphatic rings. The molecule has 4 aromatic heterocycles. The number of benzene rings is 7. The topological polar surface area (TPSA) is 35.6 Å². The van der Waals surface area contributed by atoms with Crippen LogP contribution in [0.1, 0.15) is 0 Å². The summed E-state index contributed by atoms with van der Waals surface area (Å²) in [6.45, 7) is 0. The van der Waals surface area contributed by atoms with Gasteiger partial charge in [0.25, 0.3) is 0 Å². The van der Waals surface area contributed by atoms with Gasteiger partial charge in [0, 0.05) is 48.3 Å². The molecule has 11 rings (SSSR count). The van der Waals surface area contributed by atoms with E-state index in [0.29, 0.717) is 5.95 Å². The molecule has 5 heteroatoms. The van der Waals surface area contributed by atoms with Crippen LogP contribution < -0.4 is 0 Å². The number of aromatic nitrogens is 4. The van der Waals surface area contributed by atoms with Crippen molar-refractivity contribution in [3.63, 3.8) is 0 Å². The van der Waals surface area contributed by atoms with Crippen molar-refractivity contribution in [2.45, 2.75) is 0 Å². The average Bonchev–Trinajstić information content (AvgIpc) is 3.85. The lowest BCUT2D eigenvalue weighted by Gasteiger charge is -2.12. The van der Waals surface area contributed by atoms with Gasteiger partial charge in [-0.05, 0) is 59.7 Å². The van der Waals surface area contributed by atoms with Crippen LogP contribution >= 0.6 is 11.3 Å². The van der Waals surface area contributed by atoms with Gasteiger partial charge in [-0.1, -0.05) is 121 Å². The fourth-order valence-electron chi connectivity index (χ4n) is 7.91. The van der Waals surface area contributed by atoms with Gasteiger partial charge in [-0.25, -0.2) is 9.97 Å². The van der Waals surface area contributed by atoms with E-state index in [9.17, 15) is 0 Å². The van der Waals surface area contributed by atoms with Crippen molar-refractivity contribution >= 4 is 75.3 Å². The van der Waals surface area contributed by atoms with E-state index in [4.69, 9.17) is 9.97 Å². The Balaban J connectivity index is 1.18. The first-order valence-corrected chi connectivity index (χ1v) is 18.0. The lowest BCUT2D eigenvalue weighted by molar-refractivity contribution is 1.02. The second-order valence-electron chi connectivity index (χ2n) is 13.0. The molecule has 0 aliphatic carbocycles. The van der Waals surface area contributed by atoms with Crippen LogP contribution in [0.2, 0.25) is 0 Å². The summed E-state index contributed by atoms with van der Waals surface area (Å²) < 4.78 is 5.82. The smallest absolute Gasteiger partial charge is 0.236 e. The van der Waals surface area contributed by atoms with E-state index in [1.807, 2.05) is 0 Å². The molecule has 11 aromatic rings. The van der Waals surface area contributed by atoms with Crippen LogP contribution in [-0.4, -0.2) is 19.1 Å². The molecule has 238 valence electrons. The Labute approximate surface area is 297 Å². The van der Waals surface area contributed by atoms with Crippen molar-refractivity contribution in [2.75, 3.05) is 0 Å². The first kappa shape index (κ1) is 28.3. The normalized spacial score (nSPS) is 11.9. The predicted octanol–water partition coefficient (Wildman–Crippen LogP) is 12.4. The van der Waals surface area contributed by atoms with Crippen LogP contribution in [0.25, 0.3) is 97.9 Å². The van der Waals surface area contributed by atoms with Gasteiger partial charge in [-0.3, -0.25) is 4.57 Å². The second kappa shape index (κ2) is 11.0. The molecule has 51 heavy (non-hydrogen) atoms. The van der Waals surface area contributed by atoms with Gasteiger partial charge in [0.1, 0.15) is 4.83 Å². The van der Waals surface area contributed by atoms with E-state index in [1.165, 1.54) is 48.3 Å². The zero-order valence-electron chi connectivity index (χ0n) is 27.4. The Morgan fingerprint density at radius 2 is 0.980 bits per heavy atom. The maximum atomic E-state index is 5.48. The third-order valence-corrected chi connectivity index (χ3v) is 11.2. The Morgan fingerprint density at radius 1 is 0.392 bits per heavy atom. The summed E-state index contributed by atoms with van der Waals surface area (Å²) in [4.78, 5) is 11.8. The number of fused-ring (bicyclic) bond motifs is 9. The largest absolute Gasteiger partial charge is 0.309 e. The highest BCUT2D eigenvalue weighted by molar-refractivity contribution is 7.25. The van der Waals surface area contributed by atoms with Gasteiger partial charge in [0.05, 0.1) is 27.8 Å². The van der Waals surface area contributed by atoms with E-state index in [2.05, 4.69) is 179 Å². The van der Waals surface area contributed by atoms with Crippen molar-refractivity contribution < 1.29 is 0 Å². The summed E-state index contributed by atoms with van der Waals surface area (Å²) in [5, 5.41) is 7.07. The number of nitrogens with zero attached hydrogens (tertiary/aromatic N) is 4. The van der Waals surface area contributed by atoms with E-state index >= 15 is 0 Å². The first-order valence-electron chi connectivity index (χ1n) is 17.2. The van der Waals surface area contributed by atoms with Crippen LogP contribution in [0.15, 0.2) is 170 Å². The molecule has 4 heterocycles. The fraction of sp³-hybridized carbons (Fsp3) is 0. The zero-order valence-corrected chi connectivity index (χ0v) is 28.2. The molecular formula is C46H28N4S. The Bertz CT molecular complexity index is 3090. The number of para-hydroxylation sites is 3. The van der Waals surface area contributed by atoms with Crippen LogP contribution in [0, 0.1) is 0 Å². The molecule has 0 fully saturated rings. The molecule has 0 saturated carbocycles. The van der Waals surface area contributed by atoms with Crippen molar-refractivity contribution in [1.82, 2.24) is 19.1 Å². The van der Waals surface area contributed by atoms with Crippen LogP contribution in [-0.2, 0) is 0 Å². The Kier molecular flexibility index (Phi) is 6.09. The van der Waals surface area contributed by atoms with Gasteiger partial charge in [-0.2, -0.15) is 0 Å². The van der Waals surface area contributed by atoms with Crippen molar-refractivity contribution in [3.05, 3.63) is 170 Å². The average molecular weight is 669 g/mol. The van der Waals surface area contributed by atoms with E-state index in [1.54, 1.807) is 11.3 Å². The summed E-state index contributed by atoms with van der Waals surface area (Å²) in [6, 6.07) is 60.7. The molecule has 0 amide bonds. The number of thiophene rings is 1. The Morgan fingerprint density at radius 3 is 1.73 bits per heavy atom. The molecule has 0 spiro atoms. The fourth-order valence-corrected chi connectivity index (χ4v) is 8.98. The molecule has 7 aromatic carbocycles. The SMILES string of the molecule is c1ccc(-c2cccc(-n3c4ccccc4c4cc(-c5nc(-n6c7ccccc7c7ccccc76)nc6sc7ccccc7c56)ccc43)c2)cc1. The summed E-state index contributed by atoms with van der Waals surface area (Å²) >= 11 is 1.73. The minimum atomic E-state index is 0.682. The van der Waals surface area contributed by atoms with Gasteiger partial charge < -0.3 is 4.57 Å². The number of hydrogen-bond donors (Lipinski definition) is 0. The minimum absolute atomic E-state index is 0.682. The maximum Gasteiger partial charge on any atom is 0.236 e. The zero-order chi connectivity index (χ0) is 33.5. The van der Waals surface area contributed by atoms with E-state index < -0.39 is 0 Å². The quantitative estimate of drug-likeness (QED) is 0.187. The predicted molar refractivity (Wildman–Crippen MR) is 214 cm³/mol. The number of rotatable bonds is 4. The third-order valence-electron chi connectivity index (χ3n) is 10.2. The first-order chi connectivity index (χ1) is 25.3. The molecular weight excluding hydrogens is 641 g/mol. The highest BCUT2D eigenvalue weighted by Crippen LogP contribution is 2.42. The van der Waals surface area contributed by atoms with Crippen LogP contribution in [0.3, 0.4) is 0 Å². The summed E-state index contributed by atoms with van der Waals surface area (Å²) in [5.74, 6) is 0.682. The molecule has 4 nitrogen and oxygen atoms in total. The highest BCUT2D eigenvalue weighted by atomic mass is 32.1. The minimum Gasteiger partial charge on any atom is -0.309 e.